The van der Waals surface area contributed by atoms with E-state index in [1.54, 1.807) is 22.6 Å². The van der Waals surface area contributed by atoms with Crippen LogP contribution in [-0.4, -0.2) is 4.98 Å². The average Bonchev–Trinajstić information content (AvgIpc) is 1.96. The number of anilines is 1. The van der Waals surface area contributed by atoms with Crippen molar-refractivity contribution in [2.75, 3.05) is 5.73 Å². The third kappa shape index (κ3) is 1.79. The Kier molecular flexibility index (Phi) is 2.76. The van der Waals surface area contributed by atoms with Crippen molar-refractivity contribution in [2.45, 2.75) is 6.43 Å². The monoisotopic (exact) mass is 288 g/mol. The van der Waals surface area contributed by atoms with Crippen molar-refractivity contribution >= 4 is 28.3 Å². The number of hydrogen-bond donors (Lipinski definition) is 1. The maximum absolute atomic E-state index is 12.8. The standard InChI is InChI=1S/C6H4F3IN2/c7-4-2(11)1-3(10)12-5(4)6(8)9/h1,6H,(H2,11,12). The fourth-order valence-corrected chi connectivity index (χ4v) is 1.28. The van der Waals surface area contributed by atoms with E-state index in [0.717, 1.165) is 0 Å². The molecule has 0 aromatic carbocycles. The van der Waals surface area contributed by atoms with Crippen LogP contribution in [0.1, 0.15) is 12.1 Å². The molecule has 1 aromatic heterocycles. The molecule has 0 aliphatic carbocycles. The van der Waals surface area contributed by atoms with E-state index in [9.17, 15) is 13.2 Å². The van der Waals surface area contributed by atoms with Crippen molar-refractivity contribution in [3.8, 4) is 0 Å². The summed E-state index contributed by atoms with van der Waals surface area (Å²) < 4.78 is 37.1. The Labute approximate surface area is 80.1 Å². The van der Waals surface area contributed by atoms with E-state index in [0.29, 0.717) is 0 Å². The summed E-state index contributed by atoms with van der Waals surface area (Å²) >= 11 is 1.69. The number of pyridine rings is 1. The van der Waals surface area contributed by atoms with E-state index in [-0.39, 0.29) is 9.39 Å². The van der Waals surface area contributed by atoms with Crippen molar-refractivity contribution in [3.63, 3.8) is 0 Å². The molecule has 0 radical (unpaired) electrons. The van der Waals surface area contributed by atoms with E-state index in [1.807, 2.05) is 0 Å². The zero-order valence-corrected chi connectivity index (χ0v) is 7.85. The summed E-state index contributed by atoms with van der Waals surface area (Å²) in [6.45, 7) is 0. The molecule has 0 atom stereocenters. The number of aromatic nitrogens is 1. The van der Waals surface area contributed by atoms with E-state index in [1.165, 1.54) is 6.07 Å². The first-order valence-electron chi connectivity index (χ1n) is 2.92. The van der Waals surface area contributed by atoms with Crippen molar-refractivity contribution in [3.05, 3.63) is 21.3 Å². The van der Waals surface area contributed by atoms with E-state index < -0.39 is 17.9 Å². The third-order valence-electron chi connectivity index (χ3n) is 1.19. The molecule has 0 bridgehead atoms. The SMILES string of the molecule is Nc1cc(I)nc(C(F)F)c1F. The number of nitrogens with two attached hydrogens (primary N) is 1. The zero-order chi connectivity index (χ0) is 9.30. The lowest BCUT2D eigenvalue weighted by Crippen LogP contribution is -2.02. The van der Waals surface area contributed by atoms with Crippen molar-refractivity contribution in [1.82, 2.24) is 4.98 Å². The number of hydrogen-bond acceptors (Lipinski definition) is 2. The largest absolute Gasteiger partial charge is 0.396 e. The fraction of sp³-hybridized carbons (Fsp3) is 0.167. The highest BCUT2D eigenvalue weighted by Gasteiger charge is 2.18. The summed E-state index contributed by atoms with van der Waals surface area (Å²) in [7, 11) is 0. The molecular formula is C6H4F3IN2. The highest BCUT2D eigenvalue weighted by Crippen LogP contribution is 2.24. The van der Waals surface area contributed by atoms with Gasteiger partial charge in [0.25, 0.3) is 6.43 Å². The van der Waals surface area contributed by atoms with Gasteiger partial charge < -0.3 is 5.73 Å². The minimum Gasteiger partial charge on any atom is -0.396 e. The smallest absolute Gasteiger partial charge is 0.283 e. The first-order valence-corrected chi connectivity index (χ1v) is 4.00. The minimum absolute atomic E-state index is 0.252. The maximum atomic E-state index is 12.8. The van der Waals surface area contributed by atoms with Crippen LogP contribution >= 0.6 is 22.6 Å². The van der Waals surface area contributed by atoms with Crippen LogP contribution in [0.15, 0.2) is 6.07 Å². The van der Waals surface area contributed by atoms with Gasteiger partial charge in [0.15, 0.2) is 5.82 Å². The van der Waals surface area contributed by atoms with Crippen LogP contribution in [0, 0.1) is 9.52 Å². The first-order chi connectivity index (χ1) is 5.52. The Bertz CT molecular complexity index is 303. The van der Waals surface area contributed by atoms with Gasteiger partial charge in [-0.1, -0.05) is 0 Å². The molecule has 0 saturated heterocycles. The molecule has 2 N–H and O–H groups in total. The van der Waals surface area contributed by atoms with Gasteiger partial charge in [0.1, 0.15) is 9.39 Å². The van der Waals surface area contributed by atoms with Crippen LogP contribution < -0.4 is 5.73 Å². The van der Waals surface area contributed by atoms with Crippen LogP contribution in [0.5, 0.6) is 0 Å². The lowest BCUT2D eigenvalue weighted by atomic mass is 10.3. The molecule has 6 heteroatoms. The highest BCUT2D eigenvalue weighted by atomic mass is 127. The molecule has 0 amide bonds. The first kappa shape index (κ1) is 9.56. The molecule has 1 heterocycles. The minimum atomic E-state index is -2.93. The number of nitrogen functional groups attached to an aromatic ring is 1. The lowest BCUT2D eigenvalue weighted by Gasteiger charge is -2.03. The van der Waals surface area contributed by atoms with E-state index in [4.69, 9.17) is 5.73 Å². The van der Waals surface area contributed by atoms with E-state index in [2.05, 4.69) is 4.98 Å². The molecule has 0 spiro atoms. The summed E-state index contributed by atoms with van der Waals surface area (Å²) in [4.78, 5) is 3.31. The van der Waals surface area contributed by atoms with Gasteiger partial charge >= 0.3 is 0 Å². The summed E-state index contributed by atoms with van der Waals surface area (Å²) in [5.74, 6) is -1.13. The molecule has 0 saturated carbocycles. The quantitative estimate of drug-likeness (QED) is 0.636. The van der Waals surface area contributed by atoms with Gasteiger partial charge in [-0.3, -0.25) is 0 Å². The number of halogens is 4. The zero-order valence-electron chi connectivity index (χ0n) is 5.69. The van der Waals surface area contributed by atoms with E-state index >= 15 is 0 Å². The van der Waals surface area contributed by atoms with Crippen LogP contribution in [0.4, 0.5) is 18.9 Å². The van der Waals surface area contributed by atoms with Gasteiger partial charge in [0.05, 0.1) is 5.69 Å². The van der Waals surface area contributed by atoms with Crippen LogP contribution in [0.3, 0.4) is 0 Å². The fourth-order valence-electron chi connectivity index (χ4n) is 0.681. The molecule has 0 unspecified atom stereocenters. The molecule has 66 valence electrons. The van der Waals surface area contributed by atoms with Crippen LogP contribution in [-0.2, 0) is 0 Å². The molecular weight excluding hydrogens is 284 g/mol. The summed E-state index contributed by atoms with van der Waals surface area (Å²) in [5.41, 5.74) is 3.92. The average molecular weight is 288 g/mol. The Morgan fingerprint density at radius 2 is 2.08 bits per heavy atom. The molecule has 2 nitrogen and oxygen atoms in total. The van der Waals surface area contributed by atoms with Crippen molar-refractivity contribution in [1.29, 1.82) is 0 Å². The van der Waals surface area contributed by atoms with Crippen molar-refractivity contribution in [2.24, 2.45) is 0 Å². The molecule has 0 fully saturated rings. The van der Waals surface area contributed by atoms with Crippen molar-refractivity contribution < 1.29 is 13.2 Å². The van der Waals surface area contributed by atoms with Gasteiger partial charge in [-0.2, -0.15) is 0 Å². The Morgan fingerprint density at radius 1 is 1.50 bits per heavy atom. The van der Waals surface area contributed by atoms with Gasteiger partial charge in [-0.05, 0) is 28.7 Å². The highest BCUT2D eigenvalue weighted by molar-refractivity contribution is 14.1. The topological polar surface area (TPSA) is 38.9 Å². The Morgan fingerprint density at radius 3 is 2.58 bits per heavy atom. The summed E-state index contributed by atoms with van der Waals surface area (Å²) in [6.07, 6.45) is -2.93. The second kappa shape index (κ2) is 3.46. The normalized spacial score (nSPS) is 10.8. The second-order valence-corrected chi connectivity index (χ2v) is 3.14. The Balaban J connectivity index is 3.28. The number of rotatable bonds is 1. The van der Waals surface area contributed by atoms with Gasteiger partial charge in [-0.15, -0.1) is 0 Å². The van der Waals surface area contributed by atoms with Gasteiger partial charge in [0.2, 0.25) is 0 Å². The molecule has 1 aromatic rings. The predicted molar refractivity (Wildman–Crippen MR) is 46.3 cm³/mol. The summed E-state index contributed by atoms with van der Waals surface area (Å²) in [6, 6.07) is 1.20. The molecule has 12 heavy (non-hydrogen) atoms. The maximum Gasteiger partial charge on any atom is 0.283 e. The number of nitrogens with zero attached hydrogens (tertiary/aromatic N) is 1. The van der Waals surface area contributed by atoms with Gasteiger partial charge in [0, 0.05) is 0 Å². The Hall–Kier alpha value is -0.530. The van der Waals surface area contributed by atoms with Gasteiger partial charge in [-0.25, -0.2) is 18.2 Å². The third-order valence-corrected chi connectivity index (χ3v) is 1.74. The van der Waals surface area contributed by atoms with Crippen LogP contribution in [0.2, 0.25) is 0 Å². The lowest BCUT2D eigenvalue weighted by molar-refractivity contribution is 0.140. The predicted octanol–water partition coefficient (Wildman–Crippen LogP) is 2.35. The van der Waals surface area contributed by atoms with Crippen LogP contribution in [0.25, 0.3) is 0 Å². The molecule has 1 rings (SSSR count). The second-order valence-electron chi connectivity index (χ2n) is 2.03. The molecule has 0 aliphatic rings. The summed E-state index contributed by atoms with van der Waals surface area (Å²) in [5, 5.41) is 0. The molecule has 0 aliphatic heterocycles. The number of alkyl halides is 2.